The molecule has 0 saturated carbocycles. The van der Waals surface area contributed by atoms with Crippen LogP contribution in [-0.2, 0) is 0 Å². The Labute approximate surface area is 64.3 Å². The predicted molar refractivity (Wildman–Crippen MR) is 38.2 cm³/mol. The monoisotopic (exact) mass is 144 g/mol. The molecular formula is C7H4N4. The molecule has 4 heteroatoms. The van der Waals surface area contributed by atoms with E-state index in [4.69, 9.17) is 22.5 Å². The van der Waals surface area contributed by atoms with Crippen molar-refractivity contribution >= 4 is 6.21 Å². The number of hydrogen-bond donors (Lipinski definition) is 1. The minimum atomic E-state index is -0.930. The Morgan fingerprint density at radius 1 is 1.55 bits per heavy atom. The molecule has 1 N–H and O–H groups in total. The van der Waals surface area contributed by atoms with Gasteiger partial charge in [0.1, 0.15) is 5.92 Å². The standard InChI is InChI=1S/C7H4N4/c1-11-7(5-10)2-6(3-8)4-9/h2,5-6,10H. The van der Waals surface area contributed by atoms with Gasteiger partial charge >= 0.3 is 0 Å². The van der Waals surface area contributed by atoms with Crippen LogP contribution < -0.4 is 0 Å². The highest BCUT2D eigenvalue weighted by Crippen LogP contribution is 2.00. The van der Waals surface area contributed by atoms with Crippen LogP contribution in [0.5, 0.6) is 0 Å². The summed E-state index contributed by atoms with van der Waals surface area (Å²) < 4.78 is 0. The van der Waals surface area contributed by atoms with Crippen molar-refractivity contribution in [1.29, 1.82) is 15.9 Å². The quantitative estimate of drug-likeness (QED) is 0.465. The van der Waals surface area contributed by atoms with E-state index in [-0.39, 0.29) is 5.70 Å². The molecular weight excluding hydrogens is 140 g/mol. The van der Waals surface area contributed by atoms with Gasteiger partial charge in [-0.3, -0.25) is 0 Å². The molecule has 11 heavy (non-hydrogen) atoms. The number of nitrogens with one attached hydrogen (secondary N) is 1. The molecule has 0 aromatic heterocycles. The fraction of sp³-hybridized carbons (Fsp3) is 0.143. The summed E-state index contributed by atoms with van der Waals surface area (Å²) in [5.74, 6) is -0.930. The van der Waals surface area contributed by atoms with Gasteiger partial charge in [-0.05, 0) is 6.08 Å². The molecule has 0 fully saturated rings. The second-order valence-electron chi connectivity index (χ2n) is 1.58. The molecule has 0 unspecified atom stereocenters. The maximum absolute atomic E-state index is 8.27. The Hall–Kier alpha value is -2.12. The van der Waals surface area contributed by atoms with E-state index >= 15 is 0 Å². The first kappa shape index (κ1) is 8.88. The fourth-order valence-electron chi connectivity index (χ4n) is 0.392. The first-order chi connectivity index (χ1) is 5.28. The van der Waals surface area contributed by atoms with Crippen molar-refractivity contribution in [2.45, 2.75) is 0 Å². The SMILES string of the molecule is [C-]#[N+]C(C=N)=CC(C#N)C#N. The summed E-state index contributed by atoms with van der Waals surface area (Å²) in [7, 11) is 0. The molecule has 0 radical (unpaired) electrons. The minimum absolute atomic E-state index is 0.0121. The highest BCUT2D eigenvalue weighted by Gasteiger charge is 2.01. The van der Waals surface area contributed by atoms with Crippen LogP contribution >= 0.6 is 0 Å². The molecule has 52 valence electrons. The molecule has 0 heterocycles. The van der Waals surface area contributed by atoms with Gasteiger partial charge in [0.2, 0.25) is 5.70 Å². The van der Waals surface area contributed by atoms with Crippen LogP contribution in [0.2, 0.25) is 0 Å². The number of hydrogen-bond acceptors (Lipinski definition) is 3. The second-order valence-corrected chi connectivity index (χ2v) is 1.58. The zero-order chi connectivity index (χ0) is 8.69. The lowest BCUT2D eigenvalue weighted by Gasteiger charge is -1.87. The largest absolute Gasteiger partial charge is 0.320 e. The third kappa shape index (κ3) is 2.79. The first-order valence-electron chi connectivity index (χ1n) is 2.67. The molecule has 0 aromatic carbocycles. The average molecular weight is 144 g/mol. The molecule has 0 atom stereocenters. The highest BCUT2D eigenvalue weighted by atomic mass is 14.7. The van der Waals surface area contributed by atoms with Gasteiger partial charge in [-0.25, -0.2) is 4.85 Å². The Bertz CT molecular complexity index is 280. The third-order valence-electron chi connectivity index (χ3n) is 0.893. The number of allylic oxidation sites excluding steroid dienone is 2. The van der Waals surface area contributed by atoms with E-state index in [0.29, 0.717) is 0 Å². The summed E-state index contributed by atoms with van der Waals surface area (Å²) in [5, 5.41) is 23.2. The van der Waals surface area contributed by atoms with Crippen LogP contribution in [0.25, 0.3) is 4.85 Å². The van der Waals surface area contributed by atoms with Gasteiger partial charge in [0.25, 0.3) is 0 Å². The number of rotatable bonds is 2. The Morgan fingerprint density at radius 3 is 2.36 bits per heavy atom. The van der Waals surface area contributed by atoms with Crippen LogP contribution in [-0.4, -0.2) is 6.21 Å². The number of nitriles is 2. The lowest BCUT2D eigenvalue weighted by molar-refractivity contribution is 1.09. The summed E-state index contributed by atoms with van der Waals surface area (Å²) in [6, 6.07) is 3.33. The van der Waals surface area contributed by atoms with Crippen molar-refractivity contribution in [3.63, 3.8) is 0 Å². The molecule has 0 aromatic rings. The molecule has 0 amide bonds. The van der Waals surface area contributed by atoms with Crippen LogP contribution in [0.1, 0.15) is 0 Å². The second kappa shape index (κ2) is 4.73. The van der Waals surface area contributed by atoms with Gasteiger partial charge in [-0.15, -0.1) is 0 Å². The smallest absolute Gasteiger partial charge is 0.202 e. The van der Waals surface area contributed by atoms with Crippen molar-refractivity contribution in [2.75, 3.05) is 0 Å². The van der Waals surface area contributed by atoms with E-state index in [1.807, 2.05) is 0 Å². The van der Waals surface area contributed by atoms with Crippen LogP contribution in [0, 0.1) is 40.6 Å². The maximum Gasteiger partial charge on any atom is 0.202 e. The molecule has 4 nitrogen and oxygen atoms in total. The zero-order valence-corrected chi connectivity index (χ0v) is 5.57. The Morgan fingerprint density at radius 2 is 2.09 bits per heavy atom. The molecule has 0 spiro atoms. The van der Waals surface area contributed by atoms with Crippen molar-refractivity contribution in [3.05, 3.63) is 23.2 Å². The van der Waals surface area contributed by atoms with Gasteiger partial charge in [0.15, 0.2) is 0 Å². The van der Waals surface area contributed by atoms with Crippen molar-refractivity contribution in [1.82, 2.24) is 0 Å². The van der Waals surface area contributed by atoms with E-state index in [0.717, 1.165) is 12.3 Å². The first-order valence-corrected chi connectivity index (χ1v) is 2.67. The Balaban J connectivity index is 4.58. The molecule has 0 saturated heterocycles. The normalized spacial score (nSPS) is 9.45. The molecule has 0 aliphatic carbocycles. The summed E-state index contributed by atoms with van der Waals surface area (Å²) >= 11 is 0. The van der Waals surface area contributed by atoms with Gasteiger partial charge in [0, 0.05) is 6.21 Å². The van der Waals surface area contributed by atoms with Crippen molar-refractivity contribution in [2.24, 2.45) is 5.92 Å². The van der Waals surface area contributed by atoms with Gasteiger partial charge in [-0.2, -0.15) is 10.5 Å². The molecule has 0 rings (SSSR count). The molecule has 0 bridgehead atoms. The van der Waals surface area contributed by atoms with Gasteiger partial charge < -0.3 is 5.41 Å². The summed E-state index contributed by atoms with van der Waals surface area (Å²) in [6.07, 6.45) is 1.97. The van der Waals surface area contributed by atoms with Gasteiger partial charge in [0.05, 0.1) is 18.7 Å². The fourth-order valence-corrected chi connectivity index (χ4v) is 0.392. The van der Waals surface area contributed by atoms with Crippen LogP contribution in [0.3, 0.4) is 0 Å². The third-order valence-corrected chi connectivity index (χ3v) is 0.893. The Kier molecular flexibility index (Phi) is 3.82. The predicted octanol–water partition coefficient (Wildman–Crippen LogP) is 1.10. The lowest BCUT2D eigenvalue weighted by Crippen LogP contribution is -1.88. The summed E-state index contributed by atoms with van der Waals surface area (Å²) in [6.45, 7) is 6.49. The van der Waals surface area contributed by atoms with Gasteiger partial charge in [-0.1, -0.05) is 0 Å². The van der Waals surface area contributed by atoms with E-state index in [9.17, 15) is 0 Å². The summed E-state index contributed by atoms with van der Waals surface area (Å²) in [5.41, 5.74) is 0.0121. The topological polar surface area (TPSA) is 75.8 Å². The average Bonchev–Trinajstić information content (AvgIpc) is 2.07. The van der Waals surface area contributed by atoms with Crippen LogP contribution in [0.4, 0.5) is 0 Å². The van der Waals surface area contributed by atoms with E-state index in [2.05, 4.69) is 4.85 Å². The van der Waals surface area contributed by atoms with E-state index in [1.165, 1.54) is 0 Å². The number of nitrogens with zero attached hydrogens (tertiary/aromatic N) is 3. The van der Waals surface area contributed by atoms with Crippen molar-refractivity contribution in [3.8, 4) is 12.1 Å². The summed E-state index contributed by atoms with van der Waals surface area (Å²) in [4.78, 5) is 2.91. The zero-order valence-electron chi connectivity index (χ0n) is 5.57. The van der Waals surface area contributed by atoms with Crippen LogP contribution in [0.15, 0.2) is 11.8 Å². The van der Waals surface area contributed by atoms with E-state index in [1.54, 1.807) is 12.1 Å². The minimum Gasteiger partial charge on any atom is -0.320 e. The molecule has 0 aliphatic heterocycles. The highest BCUT2D eigenvalue weighted by molar-refractivity contribution is 5.78. The van der Waals surface area contributed by atoms with Crippen molar-refractivity contribution < 1.29 is 0 Å². The van der Waals surface area contributed by atoms with E-state index < -0.39 is 5.92 Å². The lowest BCUT2D eigenvalue weighted by atomic mass is 10.2. The maximum atomic E-state index is 8.27. The molecule has 0 aliphatic rings.